The second-order valence-corrected chi connectivity index (χ2v) is 10.2. The lowest BCUT2D eigenvalue weighted by Crippen LogP contribution is -2.61. The van der Waals surface area contributed by atoms with Crippen molar-refractivity contribution in [3.63, 3.8) is 0 Å². The molecule has 208 valence electrons. The maximum atomic E-state index is 13.1. The first-order valence-corrected chi connectivity index (χ1v) is 13.9. The van der Waals surface area contributed by atoms with Gasteiger partial charge < -0.3 is 35.0 Å². The van der Waals surface area contributed by atoms with Gasteiger partial charge in [-0.3, -0.25) is 9.59 Å². The first-order valence-electron chi connectivity index (χ1n) is 13.9. The Morgan fingerprint density at radius 2 is 1.54 bits per heavy atom. The number of aliphatic hydroxyl groups excluding tert-OH is 3. The van der Waals surface area contributed by atoms with E-state index in [0.717, 1.165) is 19.3 Å². The number of anilines is 1. The van der Waals surface area contributed by atoms with Crippen LogP contribution in [0, 0.1) is 0 Å². The van der Waals surface area contributed by atoms with Crippen molar-refractivity contribution < 1.29 is 34.4 Å². The Hall–Kier alpha value is -2.04. The number of para-hydroxylation sites is 1. The number of carbonyl (C=O) groups excluding carboxylic acids is 2. The summed E-state index contributed by atoms with van der Waals surface area (Å²) in [5.41, 5.74) is 0.730. The highest BCUT2D eigenvalue weighted by molar-refractivity contribution is 6.10. The van der Waals surface area contributed by atoms with E-state index in [1.165, 1.54) is 49.8 Å². The number of unbranched alkanes of at least 4 members (excludes halogenated alkanes) is 9. The summed E-state index contributed by atoms with van der Waals surface area (Å²) in [5.74, 6) is -0.727. The van der Waals surface area contributed by atoms with Crippen molar-refractivity contribution in [3.8, 4) is 0 Å². The van der Waals surface area contributed by atoms with E-state index in [9.17, 15) is 24.9 Å². The minimum Gasteiger partial charge on any atom is -0.388 e. The predicted octanol–water partition coefficient (Wildman–Crippen LogP) is 2.90. The fraction of sp³-hybridized carbons (Fsp3) is 0.714. The molecule has 4 N–H and O–H groups in total. The Balaban J connectivity index is 1.52. The number of rotatable bonds is 14. The number of amides is 2. The third kappa shape index (κ3) is 7.97. The molecular formula is C28H44N2O7. The summed E-state index contributed by atoms with van der Waals surface area (Å²) in [6.45, 7) is 4.04. The second kappa shape index (κ2) is 14.8. The molecule has 2 aliphatic rings. The molecule has 0 bridgehead atoms. The summed E-state index contributed by atoms with van der Waals surface area (Å²) in [4.78, 5) is 27.0. The molecule has 3 rings (SSSR count). The lowest BCUT2D eigenvalue weighted by Gasteiger charge is -2.42. The van der Waals surface area contributed by atoms with E-state index in [1.54, 1.807) is 31.2 Å². The number of carbonyl (C=O) groups is 2. The molecule has 0 saturated carbocycles. The zero-order chi connectivity index (χ0) is 26.8. The number of hydrogen-bond acceptors (Lipinski definition) is 7. The van der Waals surface area contributed by atoms with Crippen molar-refractivity contribution >= 4 is 17.5 Å². The number of ether oxygens (including phenoxy) is 2. The van der Waals surface area contributed by atoms with E-state index in [0.29, 0.717) is 17.9 Å². The minimum absolute atomic E-state index is 0.113. The molecule has 0 spiro atoms. The van der Waals surface area contributed by atoms with Crippen molar-refractivity contribution in [2.24, 2.45) is 0 Å². The second-order valence-electron chi connectivity index (χ2n) is 10.2. The Morgan fingerprint density at radius 1 is 0.919 bits per heavy atom. The van der Waals surface area contributed by atoms with Crippen molar-refractivity contribution in [2.75, 3.05) is 18.1 Å². The van der Waals surface area contributed by atoms with Crippen LogP contribution in [0.5, 0.6) is 0 Å². The van der Waals surface area contributed by atoms with Gasteiger partial charge in [-0.25, -0.2) is 0 Å². The summed E-state index contributed by atoms with van der Waals surface area (Å²) in [7, 11) is 0. The third-order valence-electron chi connectivity index (χ3n) is 7.25. The number of nitrogens with one attached hydrogen (secondary N) is 1. The first kappa shape index (κ1) is 29.5. The molecular weight excluding hydrogens is 476 g/mol. The summed E-state index contributed by atoms with van der Waals surface area (Å²) >= 11 is 0. The molecule has 2 heterocycles. The largest absolute Gasteiger partial charge is 0.388 e. The van der Waals surface area contributed by atoms with Gasteiger partial charge in [0.2, 0.25) is 5.91 Å². The van der Waals surface area contributed by atoms with Crippen LogP contribution in [-0.4, -0.2) is 77.0 Å². The normalized spacial score (nSPS) is 28.1. The summed E-state index contributed by atoms with van der Waals surface area (Å²) in [6, 6.07) is 5.93. The van der Waals surface area contributed by atoms with Gasteiger partial charge in [0.05, 0.1) is 17.8 Å². The SMILES string of the molecule is CCCCCCCCCCCCO[C@H]1[C@H](O)[C@@H](CN2C(=O)C(C)NC(=O)c3ccccc32)OC(O)[C@@H]1O. The highest BCUT2D eigenvalue weighted by atomic mass is 16.6. The molecule has 37 heavy (non-hydrogen) atoms. The van der Waals surface area contributed by atoms with Crippen LogP contribution in [0.3, 0.4) is 0 Å². The van der Waals surface area contributed by atoms with Gasteiger partial charge in [-0.1, -0.05) is 76.8 Å². The standard InChI is InChI=1S/C28H44N2O7/c1-3-4-5-6-7-8-9-10-11-14-17-36-25-23(31)22(37-28(35)24(25)32)18-30-21-16-13-12-15-20(21)26(33)29-19(2)27(30)34/h12-13,15-16,19,22-25,28,31-32,35H,3-11,14,17-18H2,1-2H3,(H,29,33)/t19?,22-,23-,24-,25+,28?/m1/s1. The number of nitrogens with zero attached hydrogens (tertiary/aromatic N) is 1. The first-order chi connectivity index (χ1) is 17.8. The van der Waals surface area contributed by atoms with Gasteiger partial charge in [-0.2, -0.15) is 0 Å². The smallest absolute Gasteiger partial charge is 0.254 e. The van der Waals surface area contributed by atoms with Crippen LogP contribution in [0.15, 0.2) is 24.3 Å². The van der Waals surface area contributed by atoms with E-state index >= 15 is 0 Å². The molecule has 9 nitrogen and oxygen atoms in total. The minimum atomic E-state index is -1.57. The van der Waals surface area contributed by atoms with Crippen molar-refractivity contribution in [3.05, 3.63) is 29.8 Å². The van der Waals surface area contributed by atoms with E-state index in [1.807, 2.05) is 0 Å². The lowest BCUT2D eigenvalue weighted by molar-refractivity contribution is -0.287. The van der Waals surface area contributed by atoms with E-state index in [4.69, 9.17) is 9.47 Å². The van der Waals surface area contributed by atoms with Crippen LogP contribution in [0.25, 0.3) is 0 Å². The lowest BCUT2D eigenvalue weighted by atomic mass is 9.97. The van der Waals surface area contributed by atoms with E-state index in [-0.39, 0.29) is 18.4 Å². The third-order valence-corrected chi connectivity index (χ3v) is 7.25. The summed E-state index contributed by atoms with van der Waals surface area (Å²) in [6.07, 6.45) is 5.48. The molecule has 9 heteroatoms. The Kier molecular flexibility index (Phi) is 11.8. The summed E-state index contributed by atoms with van der Waals surface area (Å²) in [5, 5.41) is 34.4. The maximum Gasteiger partial charge on any atom is 0.254 e. The van der Waals surface area contributed by atoms with Crippen molar-refractivity contribution in [1.29, 1.82) is 0 Å². The van der Waals surface area contributed by atoms with Crippen LogP contribution in [0.2, 0.25) is 0 Å². The molecule has 2 unspecified atom stereocenters. The molecule has 0 aliphatic carbocycles. The highest BCUT2D eigenvalue weighted by Gasteiger charge is 2.46. The molecule has 1 aromatic carbocycles. The fourth-order valence-electron chi connectivity index (χ4n) is 5.03. The zero-order valence-corrected chi connectivity index (χ0v) is 22.2. The molecule has 1 saturated heterocycles. The van der Waals surface area contributed by atoms with Crippen LogP contribution >= 0.6 is 0 Å². The van der Waals surface area contributed by atoms with Gasteiger partial charge in [0.25, 0.3) is 5.91 Å². The van der Waals surface area contributed by atoms with E-state index in [2.05, 4.69) is 12.2 Å². The molecule has 0 aromatic heterocycles. The van der Waals surface area contributed by atoms with Gasteiger partial charge in [-0.05, 0) is 25.5 Å². The zero-order valence-electron chi connectivity index (χ0n) is 22.2. The number of aliphatic hydroxyl groups is 3. The number of benzene rings is 1. The predicted molar refractivity (Wildman–Crippen MR) is 140 cm³/mol. The van der Waals surface area contributed by atoms with Gasteiger partial charge in [-0.15, -0.1) is 0 Å². The maximum absolute atomic E-state index is 13.1. The topological polar surface area (TPSA) is 129 Å². The monoisotopic (exact) mass is 520 g/mol. The van der Waals surface area contributed by atoms with Crippen LogP contribution in [0.4, 0.5) is 5.69 Å². The molecule has 2 amide bonds. The molecule has 6 atom stereocenters. The highest BCUT2D eigenvalue weighted by Crippen LogP contribution is 2.29. The Labute approximate surface area is 220 Å². The molecule has 0 radical (unpaired) electrons. The van der Waals surface area contributed by atoms with Crippen LogP contribution in [0.1, 0.15) is 88.4 Å². The number of hydrogen-bond donors (Lipinski definition) is 4. The molecule has 1 aromatic rings. The fourth-order valence-corrected chi connectivity index (χ4v) is 5.03. The Bertz CT molecular complexity index is 867. The van der Waals surface area contributed by atoms with Gasteiger partial charge in [0.1, 0.15) is 30.5 Å². The van der Waals surface area contributed by atoms with Crippen LogP contribution in [-0.2, 0) is 14.3 Å². The Morgan fingerprint density at radius 3 is 2.22 bits per heavy atom. The number of fused-ring (bicyclic) bond motifs is 1. The average Bonchev–Trinajstić information content (AvgIpc) is 2.97. The summed E-state index contributed by atoms with van der Waals surface area (Å²) < 4.78 is 11.3. The van der Waals surface area contributed by atoms with Crippen molar-refractivity contribution in [2.45, 2.75) is 115 Å². The van der Waals surface area contributed by atoms with Gasteiger partial charge in [0.15, 0.2) is 6.29 Å². The van der Waals surface area contributed by atoms with E-state index < -0.39 is 36.7 Å². The molecule has 1 fully saturated rings. The average molecular weight is 521 g/mol. The van der Waals surface area contributed by atoms with Crippen molar-refractivity contribution in [1.82, 2.24) is 5.32 Å². The molecule has 2 aliphatic heterocycles. The quantitative estimate of drug-likeness (QED) is 0.278. The van der Waals surface area contributed by atoms with Crippen LogP contribution < -0.4 is 10.2 Å². The van der Waals surface area contributed by atoms with Gasteiger partial charge in [0, 0.05) is 6.61 Å². The van der Waals surface area contributed by atoms with Gasteiger partial charge >= 0.3 is 0 Å².